The number of benzene rings is 1. The Kier molecular flexibility index (Phi) is 4.85. The number of carboxylic acids is 1. The molecule has 2 rings (SSSR count). The number of fused-ring (bicyclic) bond motifs is 1. The Hall–Kier alpha value is -2.46. The zero-order chi connectivity index (χ0) is 15.2. The van der Waals surface area contributed by atoms with Gasteiger partial charge < -0.3 is 14.8 Å². The highest BCUT2D eigenvalue weighted by atomic mass is 32.2. The first-order valence-electron chi connectivity index (χ1n) is 6.04. The van der Waals surface area contributed by atoms with E-state index in [0.717, 1.165) is 11.8 Å². The minimum Gasteiger partial charge on any atom is -0.480 e. The van der Waals surface area contributed by atoms with Gasteiger partial charge in [0.1, 0.15) is 11.6 Å². The summed E-state index contributed by atoms with van der Waals surface area (Å²) in [7, 11) is 0. The van der Waals surface area contributed by atoms with Crippen LogP contribution in [-0.2, 0) is 9.59 Å². The first kappa shape index (κ1) is 14.9. The molecule has 6 nitrogen and oxygen atoms in total. The second-order valence-corrected chi connectivity index (χ2v) is 5.03. The summed E-state index contributed by atoms with van der Waals surface area (Å²) in [6.07, 6.45) is 5.00. The minimum absolute atomic E-state index is 0.00116. The van der Waals surface area contributed by atoms with Gasteiger partial charge in [0.25, 0.3) is 5.22 Å². The first-order chi connectivity index (χ1) is 10.1. The number of hydrogen-bond donors (Lipinski definition) is 2. The molecule has 1 aromatic carbocycles. The number of aliphatic carboxylic acids is 1. The van der Waals surface area contributed by atoms with E-state index in [9.17, 15) is 9.59 Å². The lowest BCUT2D eigenvalue weighted by atomic mass is 10.2. The van der Waals surface area contributed by atoms with Crippen LogP contribution in [0.3, 0.4) is 0 Å². The summed E-state index contributed by atoms with van der Waals surface area (Å²) >= 11 is 1.09. The molecule has 1 amide bonds. The summed E-state index contributed by atoms with van der Waals surface area (Å²) in [5.41, 5.74) is 1.34. The van der Waals surface area contributed by atoms with Crippen LogP contribution in [0.2, 0.25) is 0 Å². The second-order valence-electron chi connectivity index (χ2n) is 4.10. The molecule has 0 aliphatic heterocycles. The van der Waals surface area contributed by atoms with Crippen LogP contribution in [0.5, 0.6) is 0 Å². The largest absolute Gasteiger partial charge is 0.480 e. The van der Waals surface area contributed by atoms with Gasteiger partial charge in [-0.05, 0) is 12.1 Å². The van der Waals surface area contributed by atoms with Gasteiger partial charge in [-0.2, -0.15) is 0 Å². The van der Waals surface area contributed by atoms with Gasteiger partial charge in [-0.25, -0.2) is 9.78 Å². The van der Waals surface area contributed by atoms with Gasteiger partial charge in [-0.3, -0.25) is 4.79 Å². The van der Waals surface area contributed by atoms with Crippen LogP contribution in [0.25, 0.3) is 11.1 Å². The van der Waals surface area contributed by atoms with E-state index in [1.165, 1.54) is 0 Å². The van der Waals surface area contributed by atoms with E-state index in [1.54, 1.807) is 12.1 Å². The summed E-state index contributed by atoms with van der Waals surface area (Å²) in [4.78, 5) is 26.8. The van der Waals surface area contributed by atoms with E-state index in [-0.39, 0.29) is 12.2 Å². The highest BCUT2D eigenvalue weighted by molar-refractivity contribution is 7.99. The molecule has 0 fully saturated rings. The number of carbonyl (C=O) groups excluding carboxylic acids is 1. The molecule has 0 spiro atoms. The Morgan fingerprint density at radius 3 is 2.90 bits per heavy atom. The summed E-state index contributed by atoms with van der Waals surface area (Å²) in [6, 6.07) is 6.16. The molecule has 0 aliphatic rings. The van der Waals surface area contributed by atoms with Crippen LogP contribution < -0.4 is 5.32 Å². The fourth-order valence-corrected chi connectivity index (χ4v) is 2.24. The van der Waals surface area contributed by atoms with E-state index in [1.807, 2.05) is 12.1 Å². The van der Waals surface area contributed by atoms with Gasteiger partial charge >= 0.3 is 5.97 Å². The summed E-state index contributed by atoms with van der Waals surface area (Å²) in [6.45, 7) is 0. The zero-order valence-corrected chi connectivity index (χ0v) is 11.7. The summed E-state index contributed by atoms with van der Waals surface area (Å²) in [5, 5.41) is 11.6. The van der Waals surface area contributed by atoms with Crippen molar-refractivity contribution < 1.29 is 19.1 Å². The van der Waals surface area contributed by atoms with Crippen molar-refractivity contribution >= 4 is 34.7 Å². The Balaban J connectivity index is 1.91. The van der Waals surface area contributed by atoms with Crippen LogP contribution in [0.1, 0.15) is 6.42 Å². The Morgan fingerprint density at radius 2 is 2.24 bits per heavy atom. The lowest BCUT2D eigenvalue weighted by Gasteiger charge is -2.10. The van der Waals surface area contributed by atoms with Crippen LogP contribution in [0.15, 0.2) is 33.9 Å². The molecular formula is C14H12N2O4S. The topological polar surface area (TPSA) is 92.4 Å². The van der Waals surface area contributed by atoms with Crippen LogP contribution >= 0.6 is 11.8 Å². The molecule has 0 aliphatic carbocycles. The number of amides is 1. The standard InChI is InChI=1S/C14H12N2O4S/c1-2-5-10(13(18)19)15-12(17)8-21-14-16-9-6-3-4-7-11(9)20-14/h1,3-4,6-7,10H,5,8H2,(H,15,17)(H,18,19). The SMILES string of the molecule is C#CCC(NC(=O)CSc1nc2ccccc2o1)C(=O)O. The predicted molar refractivity (Wildman–Crippen MR) is 77.7 cm³/mol. The first-order valence-corrected chi connectivity index (χ1v) is 7.02. The molecule has 21 heavy (non-hydrogen) atoms. The maximum absolute atomic E-state index is 11.7. The average molecular weight is 304 g/mol. The lowest BCUT2D eigenvalue weighted by Crippen LogP contribution is -2.41. The van der Waals surface area contributed by atoms with Gasteiger partial charge in [-0.1, -0.05) is 23.9 Å². The van der Waals surface area contributed by atoms with E-state index >= 15 is 0 Å². The Bertz CT molecular complexity index is 671. The summed E-state index contributed by atoms with van der Waals surface area (Å²) in [5.74, 6) is 0.615. The molecule has 1 aromatic heterocycles. The van der Waals surface area contributed by atoms with Crippen molar-refractivity contribution in [2.75, 3.05) is 5.75 Å². The van der Waals surface area contributed by atoms with E-state index in [4.69, 9.17) is 15.9 Å². The van der Waals surface area contributed by atoms with Gasteiger partial charge in [0.15, 0.2) is 5.58 Å². The molecule has 1 heterocycles. The maximum atomic E-state index is 11.7. The Morgan fingerprint density at radius 1 is 1.48 bits per heavy atom. The third-order valence-electron chi connectivity index (χ3n) is 2.56. The molecule has 2 aromatic rings. The van der Waals surface area contributed by atoms with Gasteiger partial charge in [0.05, 0.1) is 5.75 Å². The molecule has 0 saturated carbocycles. The number of carboxylic acid groups (broad SMARTS) is 1. The van der Waals surface area contributed by atoms with Crippen LogP contribution in [0, 0.1) is 12.3 Å². The van der Waals surface area contributed by atoms with Gasteiger partial charge in [0.2, 0.25) is 5.91 Å². The number of para-hydroxylation sites is 2. The lowest BCUT2D eigenvalue weighted by molar-refractivity contribution is -0.141. The van der Waals surface area contributed by atoms with Crippen molar-refractivity contribution in [3.8, 4) is 12.3 Å². The van der Waals surface area contributed by atoms with Crippen LogP contribution in [-0.4, -0.2) is 33.8 Å². The van der Waals surface area contributed by atoms with Crippen molar-refractivity contribution in [2.45, 2.75) is 17.7 Å². The van der Waals surface area contributed by atoms with Crippen molar-refractivity contribution in [1.29, 1.82) is 0 Å². The number of rotatable bonds is 6. The highest BCUT2D eigenvalue weighted by Gasteiger charge is 2.19. The monoisotopic (exact) mass is 304 g/mol. The summed E-state index contributed by atoms with van der Waals surface area (Å²) < 4.78 is 5.44. The van der Waals surface area contributed by atoms with Crippen molar-refractivity contribution in [3.05, 3.63) is 24.3 Å². The number of nitrogens with one attached hydrogen (secondary N) is 1. The smallest absolute Gasteiger partial charge is 0.327 e. The molecule has 0 saturated heterocycles. The quantitative estimate of drug-likeness (QED) is 0.621. The second kappa shape index (κ2) is 6.81. The molecule has 108 valence electrons. The third-order valence-corrected chi connectivity index (χ3v) is 3.38. The van der Waals surface area contributed by atoms with Crippen molar-refractivity contribution in [1.82, 2.24) is 10.3 Å². The molecule has 0 radical (unpaired) electrons. The number of terminal acetylenes is 1. The molecular weight excluding hydrogens is 292 g/mol. The number of nitrogens with zero attached hydrogens (tertiary/aromatic N) is 1. The number of hydrogen-bond acceptors (Lipinski definition) is 5. The van der Waals surface area contributed by atoms with Gasteiger partial charge in [0, 0.05) is 6.42 Å². The van der Waals surface area contributed by atoms with E-state index < -0.39 is 17.9 Å². The molecule has 7 heteroatoms. The third kappa shape index (κ3) is 4.00. The number of aromatic nitrogens is 1. The van der Waals surface area contributed by atoms with E-state index in [2.05, 4.69) is 16.2 Å². The van der Waals surface area contributed by atoms with Crippen molar-refractivity contribution in [3.63, 3.8) is 0 Å². The molecule has 2 N–H and O–H groups in total. The average Bonchev–Trinajstić information content (AvgIpc) is 2.87. The minimum atomic E-state index is -1.16. The van der Waals surface area contributed by atoms with Crippen LogP contribution in [0.4, 0.5) is 0 Å². The Labute approximate surface area is 124 Å². The number of oxazole rings is 1. The number of thioether (sulfide) groups is 1. The van der Waals surface area contributed by atoms with E-state index in [0.29, 0.717) is 16.3 Å². The fourth-order valence-electron chi connectivity index (χ4n) is 1.59. The fraction of sp³-hybridized carbons (Fsp3) is 0.214. The van der Waals surface area contributed by atoms with Crippen molar-refractivity contribution in [2.24, 2.45) is 0 Å². The molecule has 1 unspecified atom stereocenters. The predicted octanol–water partition coefficient (Wildman–Crippen LogP) is 1.51. The number of carbonyl (C=O) groups is 2. The van der Waals surface area contributed by atoms with Gasteiger partial charge in [-0.15, -0.1) is 12.3 Å². The zero-order valence-electron chi connectivity index (χ0n) is 10.9. The molecule has 1 atom stereocenters. The highest BCUT2D eigenvalue weighted by Crippen LogP contribution is 2.22. The molecule has 0 bridgehead atoms. The maximum Gasteiger partial charge on any atom is 0.327 e. The normalized spacial score (nSPS) is 11.8.